The number of allylic oxidation sites excluding steroid dienone is 16. The van der Waals surface area contributed by atoms with Crippen LogP contribution in [0.5, 0.6) is 0 Å². The summed E-state index contributed by atoms with van der Waals surface area (Å²) in [5.74, 6) is -0.449. The summed E-state index contributed by atoms with van der Waals surface area (Å²) in [6.07, 6.45) is 75.6. The fourth-order valence-electron chi connectivity index (χ4n) is 7.44. The molecule has 0 amide bonds. The van der Waals surface area contributed by atoms with Crippen molar-refractivity contribution in [2.24, 2.45) is 0 Å². The Balaban J connectivity index is 4.33. The van der Waals surface area contributed by atoms with Crippen LogP contribution in [0.3, 0.4) is 0 Å². The zero-order valence-electron chi connectivity index (χ0n) is 43.4. The highest BCUT2D eigenvalue weighted by Crippen LogP contribution is 2.13. The number of carbonyl (C=O) groups is 2. The van der Waals surface area contributed by atoms with Crippen LogP contribution in [0.25, 0.3) is 0 Å². The molecule has 0 radical (unpaired) electrons. The summed E-state index contributed by atoms with van der Waals surface area (Å²) in [5.41, 5.74) is 0. The molecular formula is C61H104O5. The van der Waals surface area contributed by atoms with Crippen molar-refractivity contribution in [3.05, 3.63) is 97.2 Å². The number of ether oxygens (including phenoxy) is 3. The summed E-state index contributed by atoms with van der Waals surface area (Å²) >= 11 is 0. The van der Waals surface area contributed by atoms with Crippen LogP contribution in [-0.4, -0.2) is 37.9 Å². The fourth-order valence-corrected chi connectivity index (χ4v) is 7.44. The quantitative estimate of drug-likeness (QED) is 0.0346. The third-order valence-electron chi connectivity index (χ3n) is 11.6. The Bertz CT molecular complexity index is 1270. The van der Waals surface area contributed by atoms with Gasteiger partial charge in [-0.05, 0) is 122 Å². The van der Waals surface area contributed by atoms with E-state index >= 15 is 0 Å². The summed E-state index contributed by atoms with van der Waals surface area (Å²) in [4.78, 5) is 25.5. The van der Waals surface area contributed by atoms with Crippen molar-refractivity contribution in [3.8, 4) is 0 Å². The largest absolute Gasteiger partial charge is 0.462 e. The van der Waals surface area contributed by atoms with Crippen molar-refractivity contribution in [2.45, 2.75) is 258 Å². The molecule has 0 aromatic rings. The Morgan fingerprint density at radius 2 is 0.682 bits per heavy atom. The second-order valence-electron chi connectivity index (χ2n) is 18.1. The molecular weight excluding hydrogens is 813 g/mol. The van der Waals surface area contributed by atoms with Crippen LogP contribution in [0.4, 0.5) is 0 Å². The molecule has 0 aliphatic heterocycles. The van der Waals surface area contributed by atoms with E-state index in [1.807, 2.05) is 0 Å². The molecule has 0 N–H and O–H groups in total. The van der Waals surface area contributed by atoms with Gasteiger partial charge in [0, 0.05) is 19.4 Å². The first-order valence-corrected chi connectivity index (χ1v) is 27.8. The van der Waals surface area contributed by atoms with Gasteiger partial charge in [0.05, 0.1) is 6.61 Å². The summed E-state index contributed by atoms with van der Waals surface area (Å²) in [7, 11) is 0. The van der Waals surface area contributed by atoms with E-state index in [-0.39, 0.29) is 25.2 Å². The van der Waals surface area contributed by atoms with Gasteiger partial charge in [0.15, 0.2) is 6.10 Å². The molecule has 66 heavy (non-hydrogen) atoms. The lowest BCUT2D eigenvalue weighted by Crippen LogP contribution is -2.30. The summed E-state index contributed by atoms with van der Waals surface area (Å²) in [6, 6.07) is 0. The number of hydrogen-bond donors (Lipinski definition) is 0. The third-order valence-corrected chi connectivity index (χ3v) is 11.6. The van der Waals surface area contributed by atoms with E-state index in [2.05, 4.69) is 118 Å². The van der Waals surface area contributed by atoms with Gasteiger partial charge in [-0.3, -0.25) is 9.59 Å². The molecule has 0 fully saturated rings. The van der Waals surface area contributed by atoms with Crippen LogP contribution in [0.15, 0.2) is 97.2 Å². The predicted molar refractivity (Wildman–Crippen MR) is 288 cm³/mol. The average Bonchev–Trinajstić information content (AvgIpc) is 3.32. The second-order valence-corrected chi connectivity index (χ2v) is 18.1. The maximum Gasteiger partial charge on any atom is 0.306 e. The molecule has 0 saturated carbocycles. The number of rotatable bonds is 50. The topological polar surface area (TPSA) is 61.8 Å². The van der Waals surface area contributed by atoms with Gasteiger partial charge in [-0.1, -0.05) is 214 Å². The zero-order valence-corrected chi connectivity index (χ0v) is 43.4. The Labute approximate surface area is 409 Å². The molecule has 0 saturated heterocycles. The van der Waals surface area contributed by atoms with Gasteiger partial charge in [0.1, 0.15) is 6.61 Å². The van der Waals surface area contributed by atoms with E-state index in [4.69, 9.17) is 14.2 Å². The van der Waals surface area contributed by atoms with E-state index in [1.54, 1.807) is 0 Å². The predicted octanol–water partition coefficient (Wildman–Crippen LogP) is 19.0. The van der Waals surface area contributed by atoms with Gasteiger partial charge in [-0.2, -0.15) is 0 Å². The minimum absolute atomic E-state index is 0.0597. The van der Waals surface area contributed by atoms with Gasteiger partial charge < -0.3 is 14.2 Å². The first kappa shape index (κ1) is 62.8. The van der Waals surface area contributed by atoms with Crippen LogP contribution in [-0.2, 0) is 23.8 Å². The van der Waals surface area contributed by atoms with Gasteiger partial charge in [-0.15, -0.1) is 0 Å². The van der Waals surface area contributed by atoms with Gasteiger partial charge in [-0.25, -0.2) is 0 Å². The minimum atomic E-state index is -0.566. The highest BCUT2D eigenvalue weighted by molar-refractivity contribution is 5.70. The number of unbranched alkanes of at least 4 members (excludes halogenated alkanes) is 23. The molecule has 1 atom stereocenters. The van der Waals surface area contributed by atoms with Gasteiger partial charge >= 0.3 is 11.9 Å². The minimum Gasteiger partial charge on any atom is -0.462 e. The van der Waals surface area contributed by atoms with Crippen LogP contribution in [0.1, 0.15) is 252 Å². The van der Waals surface area contributed by atoms with E-state index in [1.165, 1.54) is 116 Å². The molecule has 0 aromatic heterocycles. The van der Waals surface area contributed by atoms with E-state index in [0.717, 1.165) is 103 Å². The Hall–Kier alpha value is -3.18. The molecule has 378 valence electrons. The lowest BCUT2D eigenvalue weighted by atomic mass is 10.1. The number of hydrogen-bond acceptors (Lipinski definition) is 5. The lowest BCUT2D eigenvalue weighted by Gasteiger charge is -2.18. The van der Waals surface area contributed by atoms with Gasteiger partial charge in [0.25, 0.3) is 0 Å². The maximum absolute atomic E-state index is 12.8. The highest BCUT2D eigenvalue weighted by Gasteiger charge is 2.17. The normalized spacial score (nSPS) is 13.0. The maximum atomic E-state index is 12.8. The summed E-state index contributed by atoms with van der Waals surface area (Å²) in [5, 5.41) is 0. The van der Waals surface area contributed by atoms with E-state index in [0.29, 0.717) is 19.4 Å². The highest BCUT2D eigenvalue weighted by atomic mass is 16.6. The SMILES string of the molecule is CC/C=C\C/C=C\C/C=C\CCCCCC(=O)OC(COCCCCCCCCCC/C=C\C/C=C\CCCCC)COC(=O)CCCCCCCC/C=C\C/C=C\C/C=C\CCCCC. The lowest BCUT2D eigenvalue weighted by molar-refractivity contribution is -0.163. The molecule has 0 spiro atoms. The first-order chi connectivity index (χ1) is 32.6. The van der Waals surface area contributed by atoms with Gasteiger partial charge in [0.2, 0.25) is 0 Å². The van der Waals surface area contributed by atoms with Crippen molar-refractivity contribution < 1.29 is 23.8 Å². The zero-order chi connectivity index (χ0) is 47.7. The molecule has 0 aromatic carbocycles. The van der Waals surface area contributed by atoms with Crippen LogP contribution in [0.2, 0.25) is 0 Å². The van der Waals surface area contributed by atoms with Crippen molar-refractivity contribution in [1.82, 2.24) is 0 Å². The average molecular weight is 917 g/mol. The van der Waals surface area contributed by atoms with Crippen molar-refractivity contribution in [1.29, 1.82) is 0 Å². The fraction of sp³-hybridized carbons (Fsp3) is 0.705. The Kier molecular flexibility index (Phi) is 53.4. The first-order valence-electron chi connectivity index (χ1n) is 27.8. The second kappa shape index (κ2) is 56.1. The van der Waals surface area contributed by atoms with E-state index < -0.39 is 6.10 Å². The molecule has 0 bridgehead atoms. The molecule has 0 aliphatic carbocycles. The summed E-state index contributed by atoms with van der Waals surface area (Å²) in [6.45, 7) is 7.61. The van der Waals surface area contributed by atoms with E-state index in [9.17, 15) is 9.59 Å². The number of esters is 2. The Morgan fingerprint density at radius 3 is 1.11 bits per heavy atom. The van der Waals surface area contributed by atoms with Crippen LogP contribution < -0.4 is 0 Å². The third kappa shape index (κ3) is 53.4. The Morgan fingerprint density at radius 1 is 0.348 bits per heavy atom. The molecule has 0 aliphatic rings. The standard InChI is InChI=1S/C61H104O5/c1-4-7-10-13-16-19-22-25-27-29-31-32-34-37-39-42-45-48-51-54-60(62)65-58-59(66-61(63)55-52-49-46-43-40-36-24-21-18-15-12-9-6-3)57-64-56-53-50-47-44-41-38-35-33-30-28-26-23-20-17-14-11-8-5-2/h9,12,16-21,25-28,31-32,36,40,59H,4-8,10-11,13-15,22-24,29-30,33-35,37-39,41-58H2,1-3H3/b12-9-,19-16-,20-17-,21-18-,27-25-,28-26-,32-31-,40-36-. The molecule has 0 rings (SSSR count). The van der Waals surface area contributed by atoms with Crippen LogP contribution in [0, 0.1) is 0 Å². The molecule has 5 nitrogen and oxygen atoms in total. The van der Waals surface area contributed by atoms with Crippen LogP contribution >= 0.6 is 0 Å². The monoisotopic (exact) mass is 917 g/mol. The molecule has 1 unspecified atom stereocenters. The van der Waals surface area contributed by atoms with Crippen molar-refractivity contribution >= 4 is 11.9 Å². The molecule has 0 heterocycles. The number of carbonyl (C=O) groups excluding carboxylic acids is 2. The van der Waals surface area contributed by atoms with Crippen molar-refractivity contribution in [3.63, 3.8) is 0 Å². The summed E-state index contributed by atoms with van der Waals surface area (Å²) < 4.78 is 17.4. The molecule has 5 heteroatoms. The van der Waals surface area contributed by atoms with Crippen molar-refractivity contribution in [2.75, 3.05) is 19.8 Å². The smallest absolute Gasteiger partial charge is 0.306 e.